The number of hydrogen-bond acceptors (Lipinski definition) is 5. The summed E-state index contributed by atoms with van der Waals surface area (Å²) in [6.45, 7) is 3.84. The first kappa shape index (κ1) is 16.6. The Morgan fingerprint density at radius 1 is 1.20 bits per heavy atom. The minimum atomic E-state index is -3.53. The molecule has 6 heteroatoms. The molecule has 5 nitrogen and oxygen atoms in total. The third-order valence-electron chi connectivity index (χ3n) is 2.30. The summed E-state index contributed by atoms with van der Waals surface area (Å²) in [6, 6.07) is 11.3. The molecule has 0 aliphatic carbocycles. The number of nitriles is 1. The van der Waals surface area contributed by atoms with Gasteiger partial charge >= 0.3 is 7.82 Å². The Hall–Kier alpha value is -1.44. The SMILES string of the molecule is CCOP(=O)(OCC)OC/C=C(\C#N)c1ccccc1. The number of nitrogens with zero attached hydrogens (tertiary/aromatic N) is 1. The van der Waals surface area contributed by atoms with Gasteiger partial charge in [-0.1, -0.05) is 30.3 Å². The van der Waals surface area contributed by atoms with Gasteiger partial charge in [0.2, 0.25) is 0 Å². The van der Waals surface area contributed by atoms with Crippen molar-refractivity contribution in [3.8, 4) is 6.07 Å². The van der Waals surface area contributed by atoms with Gasteiger partial charge in [-0.05, 0) is 25.5 Å². The van der Waals surface area contributed by atoms with Gasteiger partial charge in [-0.3, -0.25) is 13.6 Å². The first-order valence-corrected chi connectivity index (χ1v) is 7.80. The number of rotatable bonds is 8. The van der Waals surface area contributed by atoms with Crippen molar-refractivity contribution < 1.29 is 18.1 Å². The maximum absolute atomic E-state index is 12.0. The van der Waals surface area contributed by atoms with Crippen LogP contribution in [0.5, 0.6) is 0 Å². The zero-order valence-electron chi connectivity index (χ0n) is 11.6. The summed E-state index contributed by atoms with van der Waals surface area (Å²) >= 11 is 0. The second-order valence-electron chi connectivity index (χ2n) is 3.67. The van der Waals surface area contributed by atoms with Gasteiger partial charge in [0.1, 0.15) is 0 Å². The second kappa shape index (κ2) is 8.68. The van der Waals surface area contributed by atoms with Crippen LogP contribution in [0.15, 0.2) is 36.4 Å². The van der Waals surface area contributed by atoms with Crippen molar-refractivity contribution in [2.24, 2.45) is 0 Å². The van der Waals surface area contributed by atoms with Gasteiger partial charge in [0.05, 0.1) is 31.5 Å². The number of benzene rings is 1. The molecule has 0 heterocycles. The van der Waals surface area contributed by atoms with E-state index in [0.717, 1.165) is 5.56 Å². The Kier molecular flexibility index (Phi) is 7.21. The van der Waals surface area contributed by atoms with Crippen molar-refractivity contribution >= 4 is 13.4 Å². The van der Waals surface area contributed by atoms with E-state index in [4.69, 9.17) is 18.8 Å². The molecule has 0 saturated heterocycles. The van der Waals surface area contributed by atoms with Crippen LogP contribution < -0.4 is 0 Å². The first-order chi connectivity index (χ1) is 9.65. The van der Waals surface area contributed by atoms with Crippen LogP contribution in [0.25, 0.3) is 5.57 Å². The lowest BCUT2D eigenvalue weighted by Crippen LogP contribution is -2.00. The number of hydrogen-bond donors (Lipinski definition) is 0. The molecular formula is C14H18NO4P. The highest BCUT2D eigenvalue weighted by Crippen LogP contribution is 2.49. The standard InChI is InChI=1S/C14H18NO4P/c1-3-17-20(16,18-4-2)19-11-10-14(12-15)13-8-6-5-7-9-13/h5-10H,3-4,11H2,1-2H3/b14-10+. The highest BCUT2D eigenvalue weighted by molar-refractivity contribution is 7.48. The fourth-order valence-corrected chi connectivity index (χ4v) is 2.60. The smallest absolute Gasteiger partial charge is 0.287 e. The van der Waals surface area contributed by atoms with Crippen molar-refractivity contribution in [1.29, 1.82) is 5.26 Å². The largest absolute Gasteiger partial charge is 0.475 e. The first-order valence-electron chi connectivity index (χ1n) is 6.34. The zero-order chi connectivity index (χ0) is 14.8. The fourth-order valence-electron chi connectivity index (χ4n) is 1.49. The van der Waals surface area contributed by atoms with Crippen LogP contribution >= 0.6 is 7.82 Å². The number of phosphoric ester groups is 1. The average Bonchev–Trinajstić information content (AvgIpc) is 2.45. The lowest BCUT2D eigenvalue weighted by atomic mass is 10.1. The minimum Gasteiger partial charge on any atom is -0.287 e. The summed E-state index contributed by atoms with van der Waals surface area (Å²) in [6.07, 6.45) is 1.56. The van der Waals surface area contributed by atoms with E-state index in [1.807, 2.05) is 30.3 Å². The van der Waals surface area contributed by atoms with Gasteiger partial charge < -0.3 is 0 Å². The second-order valence-corrected chi connectivity index (χ2v) is 5.34. The summed E-state index contributed by atoms with van der Waals surface area (Å²) in [5.41, 5.74) is 1.23. The van der Waals surface area contributed by atoms with Gasteiger partial charge in [-0.15, -0.1) is 0 Å². The summed E-state index contributed by atoms with van der Waals surface area (Å²) in [7, 11) is -3.53. The monoisotopic (exact) mass is 295 g/mol. The lowest BCUT2D eigenvalue weighted by molar-refractivity contribution is 0.131. The highest BCUT2D eigenvalue weighted by atomic mass is 31.2. The topological polar surface area (TPSA) is 68.6 Å². The lowest BCUT2D eigenvalue weighted by Gasteiger charge is -2.15. The van der Waals surface area contributed by atoms with Gasteiger partial charge in [0.25, 0.3) is 0 Å². The Morgan fingerprint density at radius 2 is 1.80 bits per heavy atom. The Labute approximate surface area is 119 Å². The predicted molar refractivity (Wildman–Crippen MR) is 76.8 cm³/mol. The van der Waals surface area contributed by atoms with Crippen molar-refractivity contribution in [3.05, 3.63) is 42.0 Å². The number of allylic oxidation sites excluding steroid dienone is 1. The predicted octanol–water partition coefficient (Wildman–Crippen LogP) is 3.79. The van der Waals surface area contributed by atoms with Crippen molar-refractivity contribution in [2.45, 2.75) is 13.8 Å². The normalized spacial score (nSPS) is 12.2. The maximum Gasteiger partial charge on any atom is 0.475 e. The molecule has 0 aliphatic rings. The van der Waals surface area contributed by atoms with Crippen molar-refractivity contribution in [2.75, 3.05) is 19.8 Å². The van der Waals surface area contributed by atoms with E-state index < -0.39 is 7.82 Å². The quantitative estimate of drug-likeness (QED) is 0.539. The molecule has 0 radical (unpaired) electrons. The van der Waals surface area contributed by atoms with Crippen LogP contribution in [0.1, 0.15) is 19.4 Å². The van der Waals surface area contributed by atoms with Crippen LogP contribution in [0.2, 0.25) is 0 Å². The minimum absolute atomic E-state index is 0.0188. The Morgan fingerprint density at radius 3 is 2.30 bits per heavy atom. The third kappa shape index (κ3) is 5.28. The maximum atomic E-state index is 12.0. The molecule has 108 valence electrons. The summed E-state index contributed by atoms with van der Waals surface area (Å²) in [5.74, 6) is 0. The molecule has 20 heavy (non-hydrogen) atoms. The third-order valence-corrected chi connectivity index (χ3v) is 3.91. The highest BCUT2D eigenvalue weighted by Gasteiger charge is 2.24. The molecule has 0 spiro atoms. The van der Waals surface area contributed by atoms with E-state index in [0.29, 0.717) is 5.57 Å². The molecule has 0 N–H and O–H groups in total. The molecular weight excluding hydrogens is 277 g/mol. The van der Waals surface area contributed by atoms with E-state index >= 15 is 0 Å². The summed E-state index contributed by atoms with van der Waals surface area (Å²) in [5, 5.41) is 9.11. The van der Waals surface area contributed by atoms with E-state index in [1.165, 1.54) is 0 Å². The van der Waals surface area contributed by atoms with E-state index in [-0.39, 0.29) is 19.8 Å². The molecule has 0 aromatic heterocycles. The van der Waals surface area contributed by atoms with Gasteiger partial charge in [-0.25, -0.2) is 4.57 Å². The Bertz CT molecular complexity index is 512. The molecule has 0 unspecified atom stereocenters. The molecule has 0 bridgehead atoms. The summed E-state index contributed by atoms with van der Waals surface area (Å²) in [4.78, 5) is 0. The number of phosphoric acid groups is 1. The van der Waals surface area contributed by atoms with Gasteiger partial charge in [0.15, 0.2) is 0 Å². The van der Waals surface area contributed by atoms with Crippen LogP contribution in [0.4, 0.5) is 0 Å². The van der Waals surface area contributed by atoms with E-state index in [2.05, 4.69) is 6.07 Å². The van der Waals surface area contributed by atoms with Crippen molar-refractivity contribution in [3.63, 3.8) is 0 Å². The average molecular weight is 295 g/mol. The van der Waals surface area contributed by atoms with Crippen molar-refractivity contribution in [1.82, 2.24) is 0 Å². The Balaban J connectivity index is 2.71. The molecule has 1 rings (SSSR count). The molecule has 0 amide bonds. The molecule has 0 saturated carbocycles. The molecule has 0 fully saturated rings. The van der Waals surface area contributed by atoms with Crippen LogP contribution in [0, 0.1) is 11.3 Å². The van der Waals surface area contributed by atoms with E-state index in [9.17, 15) is 4.57 Å². The molecule has 1 aromatic carbocycles. The molecule has 0 atom stereocenters. The molecule has 1 aromatic rings. The van der Waals surface area contributed by atoms with Gasteiger partial charge in [-0.2, -0.15) is 5.26 Å². The molecule has 0 aliphatic heterocycles. The van der Waals surface area contributed by atoms with Crippen LogP contribution in [0.3, 0.4) is 0 Å². The van der Waals surface area contributed by atoms with Gasteiger partial charge in [0, 0.05) is 0 Å². The van der Waals surface area contributed by atoms with E-state index in [1.54, 1.807) is 19.9 Å². The summed E-state index contributed by atoms with van der Waals surface area (Å²) < 4.78 is 27.2. The van der Waals surface area contributed by atoms with Crippen LogP contribution in [-0.2, 0) is 18.1 Å². The van der Waals surface area contributed by atoms with Crippen LogP contribution in [-0.4, -0.2) is 19.8 Å². The zero-order valence-corrected chi connectivity index (χ0v) is 12.5. The fraction of sp³-hybridized carbons (Fsp3) is 0.357.